The molecule has 2 aliphatic carbocycles. The predicted molar refractivity (Wildman–Crippen MR) is 70.4 cm³/mol. The Bertz CT molecular complexity index is 237. The van der Waals surface area contributed by atoms with Crippen molar-refractivity contribution in [2.75, 3.05) is 7.11 Å². The molecule has 2 rings (SSSR count). The van der Waals surface area contributed by atoms with E-state index in [4.69, 9.17) is 10.6 Å². The third-order valence-corrected chi connectivity index (χ3v) is 5.04. The van der Waals surface area contributed by atoms with E-state index in [1.165, 1.54) is 25.7 Å². The minimum absolute atomic E-state index is 0.0240. The number of hydrazine groups is 1. The first-order chi connectivity index (χ1) is 8.11. The lowest BCUT2D eigenvalue weighted by atomic mass is 9.64. The van der Waals surface area contributed by atoms with Gasteiger partial charge in [-0.2, -0.15) is 0 Å². The van der Waals surface area contributed by atoms with Gasteiger partial charge in [-0.3, -0.25) is 11.3 Å². The summed E-state index contributed by atoms with van der Waals surface area (Å²) >= 11 is 0. The van der Waals surface area contributed by atoms with Gasteiger partial charge in [0.15, 0.2) is 0 Å². The second kappa shape index (κ2) is 5.25. The lowest BCUT2D eigenvalue weighted by molar-refractivity contribution is -0.118. The van der Waals surface area contributed by atoms with Gasteiger partial charge in [-0.25, -0.2) is 0 Å². The van der Waals surface area contributed by atoms with Crippen LogP contribution in [-0.4, -0.2) is 18.8 Å². The van der Waals surface area contributed by atoms with Gasteiger partial charge < -0.3 is 4.74 Å². The molecule has 3 nitrogen and oxygen atoms in total. The third kappa shape index (κ3) is 2.51. The summed E-state index contributed by atoms with van der Waals surface area (Å²) in [4.78, 5) is 0. The van der Waals surface area contributed by atoms with Crippen LogP contribution in [0.4, 0.5) is 0 Å². The van der Waals surface area contributed by atoms with E-state index in [2.05, 4.69) is 19.3 Å². The number of hydrogen-bond acceptors (Lipinski definition) is 3. The van der Waals surface area contributed by atoms with E-state index < -0.39 is 0 Å². The van der Waals surface area contributed by atoms with E-state index >= 15 is 0 Å². The summed E-state index contributed by atoms with van der Waals surface area (Å²) in [6.45, 7) is 4.74. The minimum atomic E-state index is 0.0240. The van der Waals surface area contributed by atoms with Crippen molar-refractivity contribution in [1.82, 2.24) is 5.43 Å². The van der Waals surface area contributed by atoms with Gasteiger partial charge >= 0.3 is 0 Å². The van der Waals surface area contributed by atoms with Crippen LogP contribution in [0.1, 0.15) is 52.4 Å². The molecule has 0 spiro atoms. The molecule has 3 atom stereocenters. The molecular formula is C14H28N2O. The van der Waals surface area contributed by atoms with Crippen molar-refractivity contribution in [3.63, 3.8) is 0 Å². The van der Waals surface area contributed by atoms with Gasteiger partial charge in [-0.1, -0.05) is 13.8 Å². The normalized spacial score (nSPS) is 38.5. The van der Waals surface area contributed by atoms with Crippen molar-refractivity contribution in [3.05, 3.63) is 0 Å². The number of hydrogen-bond donors (Lipinski definition) is 2. The quantitative estimate of drug-likeness (QED) is 0.586. The summed E-state index contributed by atoms with van der Waals surface area (Å²) < 4.78 is 5.81. The molecule has 100 valence electrons. The Morgan fingerprint density at radius 1 is 1.18 bits per heavy atom. The van der Waals surface area contributed by atoms with Crippen LogP contribution in [0, 0.1) is 17.8 Å². The number of rotatable bonds is 4. The van der Waals surface area contributed by atoms with Gasteiger partial charge in [0.1, 0.15) is 0 Å². The molecule has 0 bridgehead atoms. The topological polar surface area (TPSA) is 47.3 Å². The fraction of sp³-hybridized carbons (Fsp3) is 1.00. The number of nitrogens with one attached hydrogen (secondary N) is 1. The molecule has 17 heavy (non-hydrogen) atoms. The van der Waals surface area contributed by atoms with Crippen LogP contribution in [0.5, 0.6) is 0 Å². The van der Waals surface area contributed by atoms with E-state index in [1.54, 1.807) is 0 Å². The second-order valence-corrected chi connectivity index (χ2v) is 6.44. The highest BCUT2D eigenvalue weighted by molar-refractivity contribution is 5.02. The van der Waals surface area contributed by atoms with E-state index in [1.807, 2.05) is 7.11 Å². The Labute approximate surface area is 105 Å². The molecule has 3 N–H and O–H groups in total. The zero-order valence-corrected chi connectivity index (χ0v) is 11.5. The van der Waals surface area contributed by atoms with E-state index in [0.717, 1.165) is 24.7 Å². The molecule has 0 saturated heterocycles. The smallest absolute Gasteiger partial charge is 0.0847 e. The van der Waals surface area contributed by atoms with Crippen molar-refractivity contribution in [1.29, 1.82) is 0 Å². The minimum Gasteiger partial charge on any atom is -0.377 e. The SMILES string of the molecule is COC1(C(NN)C2CC(C)CC(C)C2)CCC1. The zero-order chi connectivity index (χ0) is 12.5. The Hall–Kier alpha value is -0.120. The summed E-state index contributed by atoms with van der Waals surface area (Å²) in [5.74, 6) is 8.17. The molecule has 2 aliphatic rings. The van der Waals surface area contributed by atoms with Crippen LogP contribution in [0.2, 0.25) is 0 Å². The first kappa shape index (κ1) is 13.3. The molecule has 3 heteroatoms. The predicted octanol–water partition coefficient (Wildman–Crippen LogP) is 2.46. The van der Waals surface area contributed by atoms with Crippen LogP contribution < -0.4 is 11.3 Å². The van der Waals surface area contributed by atoms with Gasteiger partial charge in [0.2, 0.25) is 0 Å². The van der Waals surface area contributed by atoms with E-state index in [-0.39, 0.29) is 5.60 Å². The lowest BCUT2D eigenvalue weighted by Crippen LogP contribution is -2.62. The molecular weight excluding hydrogens is 212 g/mol. The fourth-order valence-corrected chi connectivity index (χ4v) is 4.17. The average Bonchev–Trinajstić information content (AvgIpc) is 2.21. The molecule has 0 aromatic heterocycles. The van der Waals surface area contributed by atoms with Crippen molar-refractivity contribution in [3.8, 4) is 0 Å². The molecule has 0 heterocycles. The zero-order valence-electron chi connectivity index (χ0n) is 11.5. The first-order valence-corrected chi connectivity index (χ1v) is 7.12. The van der Waals surface area contributed by atoms with Gasteiger partial charge in [0, 0.05) is 7.11 Å². The van der Waals surface area contributed by atoms with Gasteiger partial charge in [0.25, 0.3) is 0 Å². The second-order valence-electron chi connectivity index (χ2n) is 6.44. The molecule has 0 aliphatic heterocycles. The molecule has 0 amide bonds. The largest absolute Gasteiger partial charge is 0.377 e. The molecule has 0 radical (unpaired) electrons. The Morgan fingerprint density at radius 2 is 1.76 bits per heavy atom. The Balaban J connectivity index is 2.06. The maximum absolute atomic E-state index is 5.84. The van der Waals surface area contributed by atoms with Crippen LogP contribution in [0.25, 0.3) is 0 Å². The highest BCUT2D eigenvalue weighted by Crippen LogP contribution is 2.45. The Kier molecular flexibility index (Phi) is 4.11. The molecule has 2 fully saturated rings. The van der Waals surface area contributed by atoms with Gasteiger partial charge in [-0.05, 0) is 56.3 Å². The lowest BCUT2D eigenvalue weighted by Gasteiger charge is -2.50. The van der Waals surface area contributed by atoms with Crippen LogP contribution in [0.3, 0.4) is 0 Å². The molecule has 0 aromatic carbocycles. The summed E-state index contributed by atoms with van der Waals surface area (Å²) in [6, 6.07) is 0.339. The fourth-order valence-electron chi connectivity index (χ4n) is 4.17. The van der Waals surface area contributed by atoms with Crippen molar-refractivity contribution >= 4 is 0 Å². The van der Waals surface area contributed by atoms with Gasteiger partial charge in [-0.15, -0.1) is 0 Å². The van der Waals surface area contributed by atoms with E-state index in [0.29, 0.717) is 12.0 Å². The van der Waals surface area contributed by atoms with Gasteiger partial charge in [0.05, 0.1) is 11.6 Å². The highest BCUT2D eigenvalue weighted by atomic mass is 16.5. The molecule has 2 saturated carbocycles. The van der Waals surface area contributed by atoms with Crippen LogP contribution >= 0.6 is 0 Å². The highest BCUT2D eigenvalue weighted by Gasteiger charge is 2.48. The first-order valence-electron chi connectivity index (χ1n) is 7.12. The summed E-state index contributed by atoms with van der Waals surface area (Å²) in [6.07, 6.45) is 7.57. The summed E-state index contributed by atoms with van der Waals surface area (Å²) in [5, 5.41) is 0. The number of methoxy groups -OCH3 is 1. The van der Waals surface area contributed by atoms with Crippen molar-refractivity contribution in [2.24, 2.45) is 23.6 Å². The standard InChI is InChI=1S/C14H28N2O/c1-10-7-11(2)9-12(8-10)13(16-15)14(17-3)5-4-6-14/h10-13,16H,4-9,15H2,1-3H3. The average molecular weight is 240 g/mol. The molecule has 0 aromatic rings. The maximum Gasteiger partial charge on any atom is 0.0847 e. The maximum atomic E-state index is 5.84. The third-order valence-electron chi connectivity index (χ3n) is 5.04. The van der Waals surface area contributed by atoms with Crippen molar-refractivity contribution < 1.29 is 4.74 Å². The van der Waals surface area contributed by atoms with E-state index in [9.17, 15) is 0 Å². The Morgan fingerprint density at radius 3 is 2.12 bits per heavy atom. The number of ether oxygens (including phenoxy) is 1. The van der Waals surface area contributed by atoms with Crippen LogP contribution in [-0.2, 0) is 4.74 Å². The monoisotopic (exact) mass is 240 g/mol. The van der Waals surface area contributed by atoms with Crippen molar-refractivity contribution in [2.45, 2.75) is 64.0 Å². The van der Waals surface area contributed by atoms with Crippen LogP contribution in [0.15, 0.2) is 0 Å². The molecule has 3 unspecified atom stereocenters. The number of nitrogens with two attached hydrogens (primary N) is 1. The summed E-state index contributed by atoms with van der Waals surface area (Å²) in [7, 11) is 1.85. The summed E-state index contributed by atoms with van der Waals surface area (Å²) in [5.41, 5.74) is 3.11.